The second-order valence-electron chi connectivity index (χ2n) is 5.80. The summed E-state index contributed by atoms with van der Waals surface area (Å²) >= 11 is 0. The van der Waals surface area contributed by atoms with Gasteiger partial charge in [-0.1, -0.05) is 46.6 Å². The molecule has 0 aromatic carbocycles. The van der Waals surface area contributed by atoms with Gasteiger partial charge in [0.1, 0.15) is 0 Å². The number of rotatable bonds is 9. The van der Waals surface area contributed by atoms with Crippen molar-refractivity contribution in [2.75, 3.05) is 6.54 Å². The lowest BCUT2D eigenvalue weighted by atomic mass is 9.83. The summed E-state index contributed by atoms with van der Waals surface area (Å²) < 4.78 is 0. The minimum Gasteiger partial charge on any atom is -0.313 e. The van der Waals surface area contributed by atoms with Gasteiger partial charge in [-0.05, 0) is 37.6 Å². The fraction of sp³-hybridized carbons (Fsp3) is 0.867. The predicted octanol–water partition coefficient (Wildman–Crippen LogP) is 4.54. The van der Waals surface area contributed by atoms with Crippen molar-refractivity contribution in [2.45, 2.75) is 72.3 Å². The van der Waals surface area contributed by atoms with Gasteiger partial charge in [-0.15, -0.1) is 6.58 Å². The van der Waals surface area contributed by atoms with Crippen molar-refractivity contribution in [3.8, 4) is 0 Å². The van der Waals surface area contributed by atoms with Gasteiger partial charge in [0.25, 0.3) is 0 Å². The maximum atomic E-state index is 3.76. The lowest BCUT2D eigenvalue weighted by Gasteiger charge is -2.32. The summed E-state index contributed by atoms with van der Waals surface area (Å²) in [5, 5.41) is 3.68. The minimum absolute atomic E-state index is 0.383. The first-order chi connectivity index (χ1) is 7.52. The Morgan fingerprint density at radius 2 is 1.88 bits per heavy atom. The van der Waals surface area contributed by atoms with Crippen molar-refractivity contribution >= 4 is 0 Å². The molecular formula is C15H31N. The van der Waals surface area contributed by atoms with Crippen molar-refractivity contribution < 1.29 is 0 Å². The third kappa shape index (κ3) is 7.92. The molecule has 0 radical (unpaired) electrons. The first kappa shape index (κ1) is 15.7. The molecule has 0 rings (SSSR count). The zero-order valence-corrected chi connectivity index (χ0v) is 11.8. The zero-order valence-electron chi connectivity index (χ0n) is 11.8. The number of allylic oxidation sites excluding steroid dienone is 1. The molecule has 0 fully saturated rings. The highest BCUT2D eigenvalue weighted by molar-refractivity contribution is 4.80. The topological polar surface area (TPSA) is 12.0 Å². The van der Waals surface area contributed by atoms with E-state index in [1.807, 2.05) is 6.08 Å². The standard InChI is InChI=1S/C15H31N/c1-6-8-9-10-11-12-14(15(3,4)5)16-13-7-2/h6,14,16H,1,7-13H2,2-5H3. The summed E-state index contributed by atoms with van der Waals surface area (Å²) in [6.07, 6.45) is 9.70. The summed E-state index contributed by atoms with van der Waals surface area (Å²) in [7, 11) is 0. The van der Waals surface area contributed by atoms with E-state index in [0.717, 1.165) is 6.54 Å². The van der Waals surface area contributed by atoms with Gasteiger partial charge in [0, 0.05) is 6.04 Å². The Kier molecular flexibility index (Phi) is 8.64. The van der Waals surface area contributed by atoms with Gasteiger partial charge in [0.15, 0.2) is 0 Å². The molecule has 0 aliphatic carbocycles. The molecule has 1 heteroatoms. The Morgan fingerprint density at radius 1 is 1.19 bits per heavy atom. The molecule has 0 saturated carbocycles. The minimum atomic E-state index is 0.383. The molecule has 0 spiro atoms. The Hall–Kier alpha value is -0.300. The van der Waals surface area contributed by atoms with E-state index >= 15 is 0 Å². The number of hydrogen-bond acceptors (Lipinski definition) is 1. The van der Waals surface area contributed by atoms with Crippen molar-refractivity contribution in [2.24, 2.45) is 5.41 Å². The number of nitrogens with one attached hydrogen (secondary N) is 1. The molecule has 0 saturated heterocycles. The third-order valence-electron chi connectivity index (χ3n) is 3.09. The van der Waals surface area contributed by atoms with Crippen molar-refractivity contribution in [1.29, 1.82) is 0 Å². The summed E-state index contributed by atoms with van der Waals surface area (Å²) in [6, 6.07) is 0.663. The maximum Gasteiger partial charge on any atom is 0.0116 e. The van der Waals surface area contributed by atoms with Crippen LogP contribution in [0.4, 0.5) is 0 Å². The number of unbranched alkanes of at least 4 members (excludes halogenated alkanes) is 3. The van der Waals surface area contributed by atoms with E-state index in [2.05, 4.69) is 39.6 Å². The molecule has 0 bridgehead atoms. The van der Waals surface area contributed by atoms with E-state index in [0.29, 0.717) is 11.5 Å². The summed E-state index contributed by atoms with van der Waals surface area (Å²) in [4.78, 5) is 0. The molecule has 0 amide bonds. The highest BCUT2D eigenvalue weighted by Gasteiger charge is 2.22. The van der Waals surface area contributed by atoms with Gasteiger partial charge in [0.05, 0.1) is 0 Å². The van der Waals surface area contributed by atoms with Crippen LogP contribution in [0.15, 0.2) is 12.7 Å². The monoisotopic (exact) mass is 225 g/mol. The van der Waals surface area contributed by atoms with Crippen LogP contribution in [0.1, 0.15) is 66.2 Å². The highest BCUT2D eigenvalue weighted by atomic mass is 14.9. The van der Waals surface area contributed by atoms with Crippen LogP contribution in [0.5, 0.6) is 0 Å². The van der Waals surface area contributed by atoms with Gasteiger partial charge >= 0.3 is 0 Å². The van der Waals surface area contributed by atoms with Crippen molar-refractivity contribution in [3.63, 3.8) is 0 Å². The molecule has 0 heterocycles. The van der Waals surface area contributed by atoms with E-state index in [-0.39, 0.29) is 0 Å². The number of hydrogen-bond donors (Lipinski definition) is 1. The maximum absolute atomic E-state index is 3.76. The van der Waals surface area contributed by atoms with Gasteiger partial charge in [-0.3, -0.25) is 0 Å². The molecule has 1 atom stereocenters. The molecular weight excluding hydrogens is 194 g/mol. The van der Waals surface area contributed by atoms with Crippen LogP contribution >= 0.6 is 0 Å². The molecule has 96 valence electrons. The Labute approximate surface area is 103 Å². The predicted molar refractivity (Wildman–Crippen MR) is 74.8 cm³/mol. The van der Waals surface area contributed by atoms with Gasteiger partial charge in [0.2, 0.25) is 0 Å². The fourth-order valence-electron chi connectivity index (χ4n) is 1.97. The fourth-order valence-corrected chi connectivity index (χ4v) is 1.97. The van der Waals surface area contributed by atoms with Crippen LogP contribution in [0.3, 0.4) is 0 Å². The quantitative estimate of drug-likeness (QED) is 0.449. The lowest BCUT2D eigenvalue weighted by molar-refractivity contribution is 0.249. The van der Waals surface area contributed by atoms with Crippen LogP contribution in [0.2, 0.25) is 0 Å². The SMILES string of the molecule is C=CCCCCCC(NCCC)C(C)(C)C. The molecule has 1 N–H and O–H groups in total. The third-order valence-corrected chi connectivity index (χ3v) is 3.09. The first-order valence-electron chi connectivity index (χ1n) is 6.86. The van der Waals surface area contributed by atoms with Crippen LogP contribution in [0, 0.1) is 5.41 Å². The molecule has 0 aromatic heterocycles. The second kappa shape index (κ2) is 8.81. The van der Waals surface area contributed by atoms with Crippen LogP contribution in [-0.4, -0.2) is 12.6 Å². The zero-order chi connectivity index (χ0) is 12.4. The normalized spacial score (nSPS) is 13.8. The molecule has 1 unspecified atom stereocenters. The summed E-state index contributed by atoms with van der Waals surface area (Å²) in [5.74, 6) is 0. The van der Waals surface area contributed by atoms with Crippen molar-refractivity contribution in [1.82, 2.24) is 5.32 Å². The Balaban J connectivity index is 3.79. The van der Waals surface area contributed by atoms with E-state index in [9.17, 15) is 0 Å². The largest absolute Gasteiger partial charge is 0.313 e. The van der Waals surface area contributed by atoms with Crippen LogP contribution in [0.25, 0.3) is 0 Å². The summed E-state index contributed by atoms with van der Waals surface area (Å²) in [6.45, 7) is 14.2. The lowest BCUT2D eigenvalue weighted by Crippen LogP contribution is -2.40. The van der Waals surface area contributed by atoms with E-state index in [1.165, 1.54) is 38.5 Å². The average molecular weight is 225 g/mol. The van der Waals surface area contributed by atoms with Crippen LogP contribution < -0.4 is 5.32 Å². The average Bonchev–Trinajstić information content (AvgIpc) is 2.20. The molecule has 0 aliphatic rings. The molecule has 16 heavy (non-hydrogen) atoms. The Bertz CT molecular complexity index is 167. The van der Waals surface area contributed by atoms with E-state index in [1.54, 1.807) is 0 Å². The van der Waals surface area contributed by atoms with Gasteiger partial charge in [-0.25, -0.2) is 0 Å². The highest BCUT2D eigenvalue weighted by Crippen LogP contribution is 2.23. The second-order valence-corrected chi connectivity index (χ2v) is 5.80. The van der Waals surface area contributed by atoms with Gasteiger partial charge in [-0.2, -0.15) is 0 Å². The summed E-state index contributed by atoms with van der Waals surface area (Å²) in [5.41, 5.74) is 0.383. The Morgan fingerprint density at radius 3 is 2.38 bits per heavy atom. The molecule has 1 nitrogen and oxygen atoms in total. The van der Waals surface area contributed by atoms with E-state index in [4.69, 9.17) is 0 Å². The molecule has 0 aromatic rings. The molecule has 0 aliphatic heterocycles. The van der Waals surface area contributed by atoms with E-state index < -0.39 is 0 Å². The smallest absolute Gasteiger partial charge is 0.0116 e. The first-order valence-corrected chi connectivity index (χ1v) is 6.86. The van der Waals surface area contributed by atoms with Crippen LogP contribution in [-0.2, 0) is 0 Å². The van der Waals surface area contributed by atoms with Crippen molar-refractivity contribution in [3.05, 3.63) is 12.7 Å². The van der Waals surface area contributed by atoms with Gasteiger partial charge < -0.3 is 5.32 Å².